The Kier molecular flexibility index (Phi) is 4.78. The van der Waals surface area contributed by atoms with Crippen LogP contribution in [0.25, 0.3) is 0 Å². The van der Waals surface area contributed by atoms with Crippen LogP contribution in [-0.4, -0.2) is 23.7 Å². The summed E-state index contributed by atoms with van der Waals surface area (Å²) >= 11 is 1.74. The average Bonchev–Trinajstić information content (AvgIpc) is 2.83. The molecule has 0 saturated heterocycles. The van der Waals surface area contributed by atoms with Gasteiger partial charge in [-0.15, -0.1) is 11.8 Å². The highest BCUT2D eigenvalue weighted by Crippen LogP contribution is 2.24. The fourth-order valence-electron chi connectivity index (χ4n) is 1.54. The van der Waals surface area contributed by atoms with Crippen molar-refractivity contribution >= 4 is 11.8 Å². The fourth-order valence-corrected chi connectivity index (χ4v) is 2.42. The zero-order chi connectivity index (χ0) is 12.8. The lowest BCUT2D eigenvalue weighted by molar-refractivity contribution is 0.373. The van der Waals surface area contributed by atoms with Crippen molar-refractivity contribution in [2.75, 3.05) is 13.6 Å². The van der Waals surface area contributed by atoms with Crippen LogP contribution in [0.15, 0.2) is 33.7 Å². The summed E-state index contributed by atoms with van der Waals surface area (Å²) in [5, 5.41) is 7.04. The maximum atomic E-state index is 5.17. The van der Waals surface area contributed by atoms with Crippen LogP contribution in [0.1, 0.15) is 17.3 Å². The summed E-state index contributed by atoms with van der Waals surface area (Å²) in [5.41, 5.74) is 1.28. The summed E-state index contributed by atoms with van der Waals surface area (Å²) in [6, 6.07) is 8.31. The highest BCUT2D eigenvalue weighted by atomic mass is 32.2. The van der Waals surface area contributed by atoms with Gasteiger partial charge in [-0.25, -0.2) is 0 Å². The quantitative estimate of drug-likeness (QED) is 0.811. The van der Waals surface area contributed by atoms with Crippen LogP contribution in [0.5, 0.6) is 0 Å². The first-order valence-corrected chi connectivity index (χ1v) is 6.92. The van der Waals surface area contributed by atoms with Crippen LogP contribution < -0.4 is 5.32 Å². The average molecular weight is 263 g/mol. The molecule has 0 saturated carbocycles. The third-order valence-corrected chi connectivity index (χ3v) is 3.72. The second kappa shape index (κ2) is 6.56. The number of nitrogens with zero attached hydrogens (tertiary/aromatic N) is 2. The molecule has 18 heavy (non-hydrogen) atoms. The van der Waals surface area contributed by atoms with E-state index >= 15 is 0 Å². The van der Waals surface area contributed by atoms with Crippen LogP contribution in [0.4, 0.5) is 0 Å². The zero-order valence-corrected chi connectivity index (χ0v) is 11.5. The Morgan fingerprint density at radius 2 is 2.17 bits per heavy atom. The Morgan fingerprint density at radius 1 is 1.33 bits per heavy atom. The number of aryl methyl sites for hydroxylation is 1. The molecule has 2 aromatic rings. The number of aromatic nitrogens is 2. The molecular formula is C13H17N3OS. The predicted octanol–water partition coefficient (Wildman–Crippen LogP) is 2.43. The zero-order valence-electron chi connectivity index (χ0n) is 10.6. The van der Waals surface area contributed by atoms with Crippen LogP contribution in [0.2, 0.25) is 0 Å². The molecule has 0 fully saturated rings. The van der Waals surface area contributed by atoms with Crippen molar-refractivity contribution in [1.82, 2.24) is 15.5 Å². The topological polar surface area (TPSA) is 51.0 Å². The van der Waals surface area contributed by atoms with Gasteiger partial charge in [0, 0.05) is 17.9 Å². The first-order valence-electron chi connectivity index (χ1n) is 5.94. The first kappa shape index (κ1) is 13.1. The van der Waals surface area contributed by atoms with E-state index in [9.17, 15) is 0 Å². The molecule has 2 rings (SSSR count). The van der Waals surface area contributed by atoms with E-state index in [0.717, 1.165) is 24.5 Å². The first-order chi connectivity index (χ1) is 8.79. The van der Waals surface area contributed by atoms with Gasteiger partial charge in [0.05, 0.1) is 5.75 Å². The largest absolute Gasteiger partial charge is 0.339 e. The van der Waals surface area contributed by atoms with Crippen molar-refractivity contribution in [3.8, 4) is 0 Å². The lowest BCUT2D eigenvalue weighted by atomic mass is 10.2. The number of rotatable bonds is 6. The minimum absolute atomic E-state index is 0.699. The van der Waals surface area contributed by atoms with Gasteiger partial charge in [0.1, 0.15) is 0 Å². The van der Waals surface area contributed by atoms with Gasteiger partial charge < -0.3 is 9.84 Å². The van der Waals surface area contributed by atoms with Crippen molar-refractivity contribution in [2.45, 2.75) is 24.0 Å². The normalized spacial score (nSPS) is 10.8. The smallest absolute Gasteiger partial charge is 0.227 e. The Hall–Kier alpha value is -1.33. The van der Waals surface area contributed by atoms with E-state index in [1.54, 1.807) is 11.8 Å². The lowest BCUT2D eigenvalue weighted by Crippen LogP contribution is -2.10. The molecule has 1 heterocycles. The van der Waals surface area contributed by atoms with Gasteiger partial charge in [0.25, 0.3) is 0 Å². The summed E-state index contributed by atoms with van der Waals surface area (Å²) < 4.78 is 5.17. The molecule has 0 spiro atoms. The highest BCUT2D eigenvalue weighted by molar-refractivity contribution is 7.98. The Morgan fingerprint density at radius 3 is 2.94 bits per heavy atom. The maximum absolute atomic E-state index is 5.17. The van der Waals surface area contributed by atoms with E-state index in [1.807, 2.05) is 19.2 Å². The molecule has 0 amide bonds. The molecule has 5 heteroatoms. The van der Waals surface area contributed by atoms with Gasteiger partial charge in [-0.1, -0.05) is 23.4 Å². The Bertz CT molecular complexity index is 498. The number of nitrogens with one attached hydrogen (secondary N) is 1. The SMILES string of the molecule is CNCCc1nc(CSc2ccccc2C)no1. The molecule has 0 unspecified atom stereocenters. The molecular weight excluding hydrogens is 246 g/mol. The summed E-state index contributed by atoms with van der Waals surface area (Å²) in [4.78, 5) is 5.62. The molecule has 0 bridgehead atoms. The van der Waals surface area contributed by atoms with Crippen LogP contribution >= 0.6 is 11.8 Å². The van der Waals surface area contributed by atoms with Crippen LogP contribution in [0, 0.1) is 6.92 Å². The second-order valence-corrected chi connectivity index (χ2v) is 5.03. The van der Waals surface area contributed by atoms with Gasteiger partial charge in [-0.3, -0.25) is 0 Å². The van der Waals surface area contributed by atoms with Crippen molar-refractivity contribution in [1.29, 1.82) is 0 Å². The molecule has 0 aliphatic heterocycles. The van der Waals surface area contributed by atoms with Crippen molar-refractivity contribution in [3.63, 3.8) is 0 Å². The number of benzene rings is 1. The van der Waals surface area contributed by atoms with E-state index < -0.39 is 0 Å². The number of hydrogen-bond acceptors (Lipinski definition) is 5. The van der Waals surface area contributed by atoms with E-state index in [1.165, 1.54) is 10.5 Å². The molecule has 1 aromatic carbocycles. The van der Waals surface area contributed by atoms with Crippen molar-refractivity contribution in [3.05, 3.63) is 41.5 Å². The third-order valence-electron chi connectivity index (χ3n) is 2.55. The molecule has 0 aliphatic rings. The van der Waals surface area contributed by atoms with E-state index in [2.05, 4.69) is 34.5 Å². The highest BCUT2D eigenvalue weighted by Gasteiger charge is 2.07. The second-order valence-electron chi connectivity index (χ2n) is 4.01. The van der Waals surface area contributed by atoms with E-state index in [4.69, 9.17) is 4.52 Å². The van der Waals surface area contributed by atoms with E-state index in [-0.39, 0.29) is 0 Å². The predicted molar refractivity (Wildman–Crippen MR) is 72.7 cm³/mol. The van der Waals surface area contributed by atoms with Gasteiger partial charge in [0.15, 0.2) is 5.82 Å². The molecule has 1 aromatic heterocycles. The number of hydrogen-bond donors (Lipinski definition) is 1. The summed E-state index contributed by atoms with van der Waals surface area (Å²) in [6.07, 6.45) is 0.776. The molecule has 0 aliphatic carbocycles. The Labute approximate surface area is 111 Å². The molecule has 1 N–H and O–H groups in total. The maximum Gasteiger partial charge on any atom is 0.227 e. The summed E-state index contributed by atoms with van der Waals surface area (Å²) in [5.74, 6) is 2.20. The number of likely N-dealkylation sites (N-methyl/N-ethyl adjacent to an activating group) is 1. The summed E-state index contributed by atoms with van der Waals surface area (Å²) in [6.45, 7) is 2.96. The van der Waals surface area contributed by atoms with Crippen LogP contribution in [0.3, 0.4) is 0 Å². The van der Waals surface area contributed by atoms with E-state index in [0.29, 0.717) is 5.89 Å². The number of thioether (sulfide) groups is 1. The van der Waals surface area contributed by atoms with Crippen molar-refractivity contribution < 1.29 is 4.52 Å². The molecule has 0 radical (unpaired) electrons. The fraction of sp³-hybridized carbons (Fsp3) is 0.385. The van der Waals surface area contributed by atoms with Crippen LogP contribution in [-0.2, 0) is 12.2 Å². The van der Waals surface area contributed by atoms with Gasteiger partial charge in [-0.05, 0) is 25.6 Å². The Balaban J connectivity index is 1.90. The summed E-state index contributed by atoms with van der Waals surface area (Å²) in [7, 11) is 1.91. The lowest BCUT2D eigenvalue weighted by Gasteiger charge is -2.01. The van der Waals surface area contributed by atoms with Gasteiger partial charge >= 0.3 is 0 Å². The third kappa shape index (κ3) is 3.58. The van der Waals surface area contributed by atoms with Gasteiger partial charge in [0.2, 0.25) is 5.89 Å². The minimum atomic E-state index is 0.699. The molecule has 96 valence electrons. The monoisotopic (exact) mass is 263 g/mol. The minimum Gasteiger partial charge on any atom is -0.339 e. The molecule has 4 nitrogen and oxygen atoms in total. The van der Waals surface area contributed by atoms with Gasteiger partial charge in [-0.2, -0.15) is 4.98 Å². The van der Waals surface area contributed by atoms with Crippen molar-refractivity contribution in [2.24, 2.45) is 0 Å². The standard InChI is InChI=1S/C13H17N3OS/c1-10-5-3-4-6-11(10)18-9-12-15-13(17-16-12)7-8-14-2/h3-6,14H,7-9H2,1-2H3. The molecule has 0 atom stereocenters.